The number of nitrogens with one attached hydrogen (secondary N) is 1. The molecule has 0 aliphatic carbocycles. The van der Waals surface area contributed by atoms with Gasteiger partial charge in [-0.25, -0.2) is 4.98 Å². The van der Waals surface area contributed by atoms with Gasteiger partial charge in [-0.15, -0.1) is 11.3 Å². The maximum Gasteiger partial charge on any atom is 0.119 e. The molecule has 0 bridgehead atoms. The van der Waals surface area contributed by atoms with Gasteiger partial charge in [-0.05, 0) is 31.5 Å². The van der Waals surface area contributed by atoms with E-state index < -0.39 is 0 Å². The van der Waals surface area contributed by atoms with Crippen LogP contribution in [0.1, 0.15) is 29.2 Å². The van der Waals surface area contributed by atoms with Crippen LogP contribution in [0.2, 0.25) is 0 Å². The van der Waals surface area contributed by atoms with Gasteiger partial charge in [0.2, 0.25) is 0 Å². The van der Waals surface area contributed by atoms with Crippen molar-refractivity contribution in [1.29, 1.82) is 0 Å². The lowest BCUT2D eigenvalue weighted by Crippen LogP contribution is -2.18. The fraction of sp³-hybridized carbons (Fsp3) is 0.357. The van der Waals surface area contributed by atoms with Crippen LogP contribution in [0.4, 0.5) is 0 Å². The summed E-state index contributed by atoms with van der Waals surface area (Å²) in [6.07, 6.45) is 0. The normalized spacial score (nSPS) is 12.4. The summed E-state index contributed by atoms with van der Waals surface area (Å²) in [6, 6.07) is 8.41. The number of hydrogen-bond donors (Lipinski definition) is 1. The SMILES string of the molecule is COc1cccc([C@H](C)NCc2csc(C)n2)c1. The van der Waals surface area contributed by atoms with Gasteiger partial charge < -0.3 is 10.1 Å². The largest absolute Gasteiger partial charge is 0.497 e. The lowest BCUT2D eigenvalue weighted by Gasteiger charge is -2.14. The average Bonchev–Trinajstić information content (AvgIpc) is 2.82. The number of thiazole rings is 1. The topological polar surface area (TPSA) is 34.1 Å². The molecular formula is C14H18N2OS. The predicted molar refractivity (Wildman–Crippen MR) is 75.1 cm³/mol. The second-order valence-electron chi connectivity index (χ2n) is 4.24. The van der Waals surface area contributed by atoms with Gasteiger partial charge in [-0.3, -0.25) is 0 Å². The van der Waals surface area contributed by atoms with Crippen molar-refractivity contribution in [3.63, 3.8) is 0 Å². The zero-order chi connectivity index (χ0) is 13.0. The highest BCUT2D eigenvalue weighted by Gasteiger charge is 2.06. The zero-order valence-corrected chi connectivity index (χ0v) is 11.8. The van der Waals surface area contributed by atoms with Gasteiger partial charge >= 0.3 is 0 Å². The Hall–Kier alpha value is -1.39. The Labute approximate surface area is 112 Å². The van der Waals surface area contributed by atoms with Gasteiger partial charge in [0.15, 0.2) is 0 Å². The number of benzene rings is 1. The van der Waals surface area contributed by atoms with Crippen LogP contribution in [0.5, 0.6) is 5.75 Å². The zero-order valence-electron chi connectivity index (χ0n) is 10.9. The average molecular weight is 262 g/mol. The fourth-order valence-electron chi connectivity index (χ4n) is 1.78. The maximum atomic E-state index is 5.23. The maximum absolute atomic E-state index is 5.23. The molecule has 0 amide bonds. The van der Waals surface area contributed by atoms with Gasteiger partial charge in [0.1, 0.15) is 5.75 Å². The summed E-state index contributed by atoms with van der Waals surface area (Å²) >= 11 is 1.69. The number of aromatic nitrogens is 1. The third-order valence-electron chi connectivity index (χ3n) is 2.85. The molecule has 1 atom stereocenters. The highest BCUT2D eigenvalue weighted by molar-refractivity contribution is 7.09. The molecule has 1 aromatic carbocycles. The van der Waals surface area contributed by atoms with Crippen LogP contribution in [0.3, 0.4) is 0 Å². The molecule has 0 saturated carbocycles. The molecule has 1 N–H and O–H groups in total. The van der Waals surface area contributed by atoms with Crippen molar-refractivity contribution >= 4 is 11.3 Å². The van der Waals surface area contributed by atoms with E-state index in [4.69, 9.17) is 4.74 Å². The number of hydrogen-bond acceptors (Lipinski definition) is 4. The standard InChI is InChI=1S/C14H18N2OS/c1-10(12-5-4-6-14(7-12)17-3)15-8-13-9-18-11(2)16-13/h4-7,9-10,15H,8H2,1-3H3/t10-/m0/s1. The van der Waals surface area contributed by atoms with E-state index in [9.17, 15) is 0 Å². The van der Waals surface area contributed by atoms with Gasteiger partial charge in [0, 0.05) is 18.0 Å². The van der Waals surface area contributed by atoms with Crippen LogP contribution < -0.4 is 10.1 Å². The first-order valence-electron chi connectivity index (χ1n) is 5.97. The Kier molecular flexibility index (Phi) is 4.33. The van der Waals surface area contributed by atoms with E-state index in [1.165, 1.54) is 5.56 Å². The molecule has 2 aromatic rings. The minimum Gasteiger partial charge on any atom is -0.497 e. The second kappa shape index (κ2) is 5.98. The molecule has 2 rings (SSSR count). The first kappa shape index (κ1) is 13.1. The smallest absolute Gasteiger partial charge is 0.119 e. The van der Waals surface area contributed by atoms with E-state index in [-0.39, 0.29) is 6.04 Å². The monoisotopic (exact) mass is 262 g/mol. The lowest BCUT2D eigenvalue weighted by atomic mass is 10.1. The van der Waals surface area contributed by atoms with Crippen LogP contribution in [0, 0.1) is 6.92 Å². The summed E-state index contributed by atoms with van der Waals surface area (Å²) in [4.78, 5) is 4.44. The van der Waals surface area contributed by atoms with Crippen LogP contribution >= 0.6 is 11.3 Å². The minimum atomic E-state index is 0.280. The second-order valence-corrected chi connectivity index (χ2v) is 5.30. The quantitative estimate of drug-likeness (QED) is 0.897. The Bertz CT molecular complexity index is 510. The molecule has 0 radical (unpaired) electrons. The highest BCUT2D eigenvalue weighted by atomic mass is 32.1. The van der Waals surface area contributed by atoms with E-state index in [0.717, 1.165) is 23.0 Å². The third kappa shape index (κ3) is 3.31. The number of ether oxygens (including phenoxy) is 1. The van der Waals surface area contributed by atoms with E-state index >= 15 is 0 Å². The molecule has 0 saturated heterocycles. The number of nitrogens with zero attached hydrogens (tertiary/aromatic N) is 1. The molecule has 18 heavy (non-hydrogen) atoms. The van der Waals surface area contributed by atoms with Crippen molar-refractivity contribution in [1.82, 2.24) is 10.3 Å². The molecule has 1 aromatic heterocycles. The van der Waals surface area contributed by atoms with Crippen molar-refractivity contribution in [2.75, 3.05) is 7.11 Å². The molecule has 0 unspecified atom stereocenters. The van der Waals surface area contributed by atoms with Gasteiger partial charge in [0.05, 0.1) is 17.8 Å². The summed E-state index contributed by atoms with van der Waals surface area (Å²) in [6.45, 7) is 4.97. The molecule has 0 fully saturated rings. The van der Waals surface area contributed by atoms with Crippen molar-refractivity contribution < 1.29 is 4.74 Å². The van der Waals surface area contributed by atoms with Crippen LogP contribution in [-0.2, 0) is 6.54 Å². The van der Waals surface area contributed by atoms with Crippen LogP contribution in [-0.4, -0.2) is 12.1 Å². The van der Waals surface area contributed by atoms with Crippen molar-refractivity contribution in [2.45, 2.75) is 26.4 Å². The molecular weight excluding hydrogens is 244 g/mol. The molecule has 1 heterocycles. The van der Waals surface area contributed by atoms with Gasteiger partial charge in [-0.2, -0.15) is 0 Å². The van der Waals surface area contributed by atoms with Gasteiger partial charge in [0.25, 0.3) is 0 Å². The molecule has 96 valence electrons. The summed E-state index contributed by atoms with van der Waals surface area (Å²) in [7, 11) is 1.69. The molecule has 0 aliphatic heterocycles. The van der Waals surface area contributed by atoms with Crippen LogP contribution in [0.25, 0.3) is 0 Å². The summed E-state index contributed by atoms with van der Waals surface area (Å²) < 4.78 is 5.23. The molecule has 0 spiro atoms. The van der Waals surface area contributed by atoms with E-state index in [0.29, 0.717) is 0 Å². The van der Waals surface area contributed by atoms with Crippen LogP contribution in [0.15, 0.2) is 29.6 Å². The van der Waals surface area contributed by atoms with E-state index in [1.54, 1.807) is 18.4 Å². The first-order chi connectivity index (χ1) is 8.69. The van der Waals surface area contributed by atoms with Crippen molar-refractivity contribution in [3.8, 4) is 5.75 Å². The highest BCUT2D eigenvalue weighted by Crippen LogP contribution is 2.19. The van der Waals surface area contributed by atoms with E-state index in [2.05, 4.69) is 34.7 Å². The van der Waals surface area contributed by atoms with Crippen molar-refractivity contribution in [3.05, 3.63) is 45.9 Å². The predicted octanol–water partition coefficient (Wildman–Crippen LogP) is 3.31. The third-order valence-corrected chi connectivity index (χ3v) is 3.67. The Balaban J connectivity index is 1.96. The first-order valence-corrected chi connectivity index (χ1v) is 6.85. The fourth-order valence-corrected chi connectivity index (χ4v) is 2.39. The Morgan fingerprint density at radius 3 is 2.94 bits per heavy atom. The molecule has 4 heteroatoms. The lowest BCUT2D eigenvalue weighted by molar-refractivity contribution is 0.413. The Morgan fingerprint density at radius 2 is 2.28 bits per heavy atom. The number of methoxy groups -OCH3 is 1. The van der Waals surface area contributed by atoms with Crippen molar-refractivity contribution in [2.24, 2.45) is 0 Å². The minimum absolute atomic E-state index is 0.280. The summed E-state index contributed by atoms with van der Waals surface area (Å²) in [5.74, 6) is 0.894. The number of aryl methyl sites for hydroxylation is 1. The van der Waals surface area contributed by atoms with E-state index in [1.807, 2.05) is 19.1 Å². The Morgan fingerprint density at radius 1 is 1.44 bits per heavy atom. The molecule has 0 aliphatic rings. The molecule has 3 nitrogen and oxygen atoms in total. The summed E-state index contributed by atoms with van der Waals surface area (Å²) in [5.41, 5.74) is 2.33. The van der Waals surface area contributed by atoms with Gasteiger partial charge in [-0.1, -0.05) is 12.1 Å². The summed E-state index contributed by atoms with van der Waals surface area (Å²) in [5, 5.41) is 6.68. The number of rotatable bonds is 5.